The van der Waals surface area contributed by atoms with Gasteiger partial charge < -0.3 is 24.6 Å². The summed E-state index contributed by atoms with van der Waals surface area (Å²) in [5.74, 6) is -1.35. The van der Waals surface area contributed by atoms with Crippen molar-refractivity contribution in [3.05, 3.63) is 58.1 Å². The van der Waals surface area contributed by atoms with E-state index >= 15 is 0 Å². The maximum Gasteiger partial charge on any atom is 0.295 e. The number of ether oxygens (including phenoxy) is 2. The molecule has 1 atom stereocenters. The number of amides is 1. The van der Waals surface area contributed by atoms with Gasteiger partial charge in [-0.3, -0.25) is 9.59 Å². The number of aliphatic hydroxyl groups is 1. The number of aliphatic hydroxyl groups excluding tert-OH is 1. The molecule has 0 spiro atoms. The van der Waals surface area contributed by atoms with Gasteiger partial charge in [0, 0.05) is 12.1 Å². The number of phenols is 1. The number of benzene rings is 2. The predicted octanol–water partition coefficient (Wildman–Crippen LogP) is 4.67. The fourth-order valence-electron chi connectivity index (χ4n) is 3.82. The van der Waals surface area contributed by atoms with Crippen LogP contribution in [0.3, 0.4) is 0 Å². The molecule has 1 aliphatic rings. The Morgan fingerprint density at radius 2 is 1.84 bits per heavy atom. The van der Waals surface area contributed by atoms with E-state index in [0.717, 1.165) is 12.8 Å². The number of Topliss-reactive ketones (excluding diaryl/α,β-unsaturated/α-hetero) is 1. The Hall–Kier alpha value is -3.19. The van der Waals surface area contributed by atoms with E-state index in [1.165, 1.54) is 31.3 Å². The van der Waals surface area contributed by atoms with Crippen molar-refractivity contribution in [2.24, 2.45) is 0 Å². The number of phenolic OH excluding ortho intramolecular Hbond substituents is 1. The molecule has 2 aromatic carbocycles. The summed E-state index contributed by atoms with van der Waals surface area (Å²) in [5.41, 5.74) is 0.561. The van der Waals surface area contributed by atoms with E-state index in [4.69, 9.17) is 21.1 Å². The van der Waals surface area contributed by atoms with Gasteiger partial charge in [-0.25, -0.2) is 0 Å². The number of hydrogen-bond acceptors (Lipinski definition) is 6. The third kappa shape index (κ3) is 4.39. The van der Waals surface area contributed by atoms with E-state index in [9.17, 15) is 19.8 Å². The highest BCUT2D eigenvalue weighted by Gasteiger charge is 2.46. The van der Waals surface area contributed by atoms with Crippen LogP contribution in [0.5, 0.6) is 17.2 Å². The minimum Gasteiger partial charge on any atom is -0.507 e. The fraction of sp³-hybridized carbons (Fsp3) is 0.333. The van der Waals surface area contributed by atoms with Crippen molar-refractivity contribution in [1.82, 2.24) is 4.90 Å². The molecule has 3 rings (SSSR count). The molecular formula is C24H26ClNO6. The largest absolute Gasteiger partial charge is 0.507 e. The number of aromatic hydroxyl groups is 1. The average molecular weight is 460 g/mol. The molecular weight excluding hydrogens is 434 g/mol. The van der Waals surface area contributed by atoms with Crippen molar-refractivity contribution in [2.75, 3.05) is 20.8 Å². The summed E-state index contributed by atoms with van der Waals surface area (Å²) in [7, 11) is 2.90. The van der Waals surface area contributed by atoms with E-state index in [0.29, 0.717) is 24.3 Å². The predicted molar refractivity (Wildman–Crippen MR) is 121 cm³/mol. The molecule has 2 N–H and O–H groups in total. The smallest absolute Gasteiger partial charge is 0.295 e. The monoisotopic (exact) mass is 459 g/mol. The third-order valence-corrected chi connectivity index (χ3v) is 5.82. The van der Waals surface area contributed by atoms with Crippen LogP contribution in [0.25, 0.3) is 5.76 Å². The maximum absolute atomic E-state index is 13.1. The van der Waals surface area contributed by atoms with E-state index in [2.05, 4.69) is 0 Å². The Kier molecular flexibility index (Phi) is 7.30. The van der Waals surface area contributed by atoms with Crippen LogP contribution < -0.4 is 9.47 Å². The zero-order valence-electron chi connectivity index (χ0n) is 18.2. The summed E-state index contributed by atoms with van der Waals surface area (Å²) in [4.78, 5) is 27.4. The number of carbonyl (C=O) groups is 2. The van der Waals surface area contributed by atoms with E-state index in [-0.39, 0.29) is 27.7 Å². The summed E-state index contributed by atoms with van der Waals surface area (Å²) in [6.07, 6.45) is 2.52. The Bertz CT molecular complexity index is 1060. The molecule has 170 valence electrons. The van der Waals surface area contributed by atoms with Gasteiger partial charge in [-0.15, -0.1) is 0 Å². The third-order valence-electron chi connectivity index (χ3n) is 5.49. The molecule has 1 amide bonds. The number of hydrogen-bond donors (Lipinski definition) is 2. The van der Waals surface area contributed by atoms with Gasteiger partial charge in [0.1, 0.15) is 11.5 Å². The van der Waals surface area contributed by atoms with Crippen LogP contribution >= 0.6 is 11.6 Å². The van der Waals surface area contributed by atoms with Gasteiger partial charge in [-0.05, 0) is 42.3 Å². The molecule has 7 nitrogen and oxygen atoms in total. The van der Waals surface area contributed by atoms with Crippen molar-refractivity contribution in [3.63, 3.8) is 0 Å². The Morgan fingerprint density at radius 3 is 2.47 bits per heavy atom. The highest BCUT2D eigenvalue weighted by atomic mass is 35.5. The number of methoxy groups -OCH3 is 2. The Labute approximate surface area is 191 Å². The molecule has 0 bridgehead atoms. The lowest BCUT2D eigenvalue weighted by Gasteiger charge is -2.25. The zero-order valence-corrected chi connectivity index (χ0v) is 19.0. The number of ketones is 1. The zero-order chi connectivity index (χ0) is 23.4. The molecule has 1 unspecified atom stereocenters. The van der Waals surface area contributed by atoms with Crippen molar-refractivity contribution >= 4 is 29.1 Å². The van der Waals surface area contributed by atoms with Crippen LogP contribution in [0, 0.1) is 0 Å². The summed E-state index contributed by atoms with van der Waals surface area (Å²) in [5, 5.41) is 21.7. The van der Waals surface area contributed by atoms with Gasteiger partial charge in [0.25, 0.3) is 11.7 Å². The van der Waals surface area contributed by atoms with Crippen molar-refractivity contribution in [3.8, 4) is 17.2 Å². The topological polar surface area (TPSA) is 96.3 Å². The molecule has 1 saturated heterocycles. The number of halogens is 1. The first-order valence-corrected chi connectivity index (χ1v) is 10.7. The number of rotatable bonds is 8. The van der Waals surface area contributed by atoms with Crippen molar-refractivity contribution in [1.29, 1.82) is 0 Å². The van der Waals surface area contributed by atoms with Gasteiger partial charge in [-0.2, -0.15) is 0 Å². The minimum absolute atomic E-state index is 0.0915. The molecule has 0 aliphatic carbocycles. The second-order valence-corrected chi connectivity index (χ2v) is 7.88. The highest BCUT2D eigenvalue weighted by Crippen LogP contribution is 2.43. The van der Waals surface area contributed by atoms with E-state index in [1.807, 2.05) is 6.92 Å². The molecule has 2 aromatic rings. The standard InChI is InChI=1S/C24H26ClNO6/c1-4-5-6-11-26-21(14-7-10-19(32-3)18(27)12-14)20(23(29)24(26)30)22(28)16-13-15(31-2)8-9-17(16)25/h7-10,12-13,21,27-28H,4-6,11H2,1-3H3/b22-20+. The molecule has 0 radical (unpaired) electrons. The minimum atomic E-state index is -0.883. The second kappa shape index (κ2) is 9.96. The number of nitrogens with zero attached hydrogens (tertiary/aromatic N) is 1. The first-order valence-electron chi connectivity index (χ1n) is 10.3. The summed E-state index contributed by atoms with van der Waals surface area (Å²) in [6.45, 7) is 2.37. The van der Waals surface area contributed by atoms with Crippen molar-refractivity contribution < 1.29 is 29.3 Å². The highest BCUT2D eigenvalue weighted by molar-refractivity contribution is 6.47. The van der Waals surface area contributed by atoms with Gasteiger partial charge in [0.15, 0.2) is 11.5 Å². The SMILES string of the molecule is CCCCCN1C(=O)C(=O)/C(=C(/O)c2cc(OC)ccc2Cl)C1c1ccc(OC)c(O)c1. The summed E-state index contributed by atoms with van der Waals surface area (Å²) < 4.78 is 10.3. The normalized spacial score (nSPS) is 17.6. The Morgan fingerprint density at radius 1 is 1.09 bits per heavy atom. The molecule has 0 aromatic heterocycles. The van der Waals surface area contributed by atoms with E-state index in [1.54, 1.807) is 24.3 Å². The van der Waals surface area contributed by atoms with Crippen LogP contribution in [0.1, 0.15) is 43.4 Å². The van der Waals surface area contributed by atoms with Gasteiger partial charge in [-0.1, -0.05) is 37.4 Å². The van der Waals surface area contributed by atoms with Crippen molar-refractivity contribution in [2.45, 2.75) is 32.2 Å². The van der Waals surface area contributed by atoms with E-state index < -0.39 is 23.5 Å². The number of unbranched alkanes of at least 4 members (excludes halogenated alkanes) is 2. The molecule has 0 saturated carbocycles. The molecule has 32 heavy (non-hydrogen) atoms. The quantitative estimate of drug-likeness (QED) is 0.257. The Balaban J connectivity index is 2.19. The molecule has 8 heteroatoms. The van der Waals surface area contributed by atoms with Crippen LogP contribution in [-0.2, 0) is 9.59 Å². The van der Waals surface area contributed by atoms with Gasteiger partial charge >= 0.3 is 0 Å². The first-order chi connectivity index (χ1) is 15.3. The fourth-order valence-corrected chi connectivity index (χ4v) is 4.03. The number of likely N-dealkylation sites (tertiary alicyclic amines) is 1. The lowest BCUT2D eigenvalue weighted by molar-refractivity contribution is -0.139. The first kappa shape index (κ1) is 23.5. The lowest BCUT2D eigenvalue weighted by atomic mass is 9.94. The molecule has 1 aliphatic heterocycles. The summed E-state index contributed by atoms with van der Waals surface area (Å²) in [6, 6.07) is 8.43. The average Bonchev–Trinajstić information content (AvgIpc) is 3.04. The molecule has 1 fully saturated rings. The van der Waals surface area contributed by atoms with Crippen LogP contribution in [0.15, 0.2) is 42.0 Å². The summed E-state index contributed by atoms with van der Waals surface area (Å²) >= 11 is 6.29. The lowest BCUT2D eigenvalue weighted by Crippen LogP contribution is -2.30. The van der Waals surface area contributed by atoms with Gasteiger partial charge in [0.05, 0.1) is 30.9 Å². The number of carbonyl (C=O) groups excluding carboxylic acids is 2. The van der Waals surface area contributed by atoms with Crippen LogP contribution in [0.4, 0.5) is 0 Å². The van der Waals surface area contributed by atoms with Gasteiger partial charge in [0.2, 0.25) is 0 Å². The van der Waals surface area contributed by atoms with Crippen LogP contribution in [0.2, 0.25) is 5.02 Å². The second-order valence-electron chi connectivity index (χ2n) is 7.48. The maximum atomic E-state index is 13.1. The van der Waals surface area contributed by atoms with Crippen LogP contribution in [-0.4, -0.2) is 47.6 Å². The molecule has 1 heterocycles.